The summed E-state index contributed by atoms with van der Waals surface area (Å²) in [6.07, 6.45) is 5.94. The second kappa shape index (κ2) is 3.81. The summed E-state index contributed by atoms with van der Waals surface area (Å²) < 4.78 is 2.28. The van der Waals surface area contributed by atoms with Crippen molar-refractivity contribution in [1.82, 2.24) is 9.55 Å². The molecule has 1 heterocycles. The van der Waals surface area contributed by atoms with E-state index in [0.717, 1.165) is 17.8 Å². The van der Waals surface area contributed by atoms with Gasteiger partial charge < -0.3 is 4.57 Å². The van der Waals surface area contributed by atoms with Gasteiger partial charge in [-0.2, -0.15) is 12.6 Å². The van der Waals surface area contributed by atoms with Crippen LogP contribution in [0.5, 0.6) is 0 Å². The summed E-state index contributed by atoms with van der Waals surface area (Å²) in [5.41, 5.74) is 2.76. The lowest BCUT2D eigenvalue weighted by atomic mass is 9.70. The highest BCUT2D eigenvalue weighted by Crippen LogP contribution is 2.43. The standard InChI is InChI=1S/C13H16N2S/c16-9-13(6-3-7-13)8-15-10-14-11-4-1-2-5-12(11)15/h1-2,4-5,10,16H,3,6-9H2. The number of imidazole rings is 1. The zero-order valence-electron chi connectivity index (χ0n) is 9.26. The number of hydrogen-bond donors (Lipinski definition) is 1. The molecule has 1 fully saturated rings. The van der Waals surface area contributed by atoms with Crippen LogP contribution in [0.3, 0.4) is 0 Å². The Morgan fingerprint density at radius 2 is 2.12 bits per heavy atom. The normalized spacial score (nSPS) is 18.6. The molecule has 1 aliphatic rings. The molecular weight excluding hydrogens is 216 g/mol. The average Bonchev–Trinajstić information content (AvgIpc) is 2.67. The van der Waals surface area contributed by atoms with Crippen molar-refractivity contribution in [2.24, 2.45) is 5.41 Å². The number of rotatable bonds is 3. The topological polar surface area (TPSA) is 17.8 Å². The third-order valence-corrected chi connectivity index (χ3v) is 4.45. The van der Waals surface area contributed by atoms with Crippen molar-refractivity contribution < 1.29 is 0 Å². The molecule has 0 spiro atoms. The maximum absolute atomic E-state index is 4.50. The van der Waals surface area contributed by atoms with Gasteiger partial charge in [0.15, 0.2) is 0 Å². The van der Waals surface area contributed by atoms with Gasteiger partial charge in [-0.15, -0.1) is 0 Å². The van der Waals surface area contributed by atoms with E-state index in [-0.39, 0.29) is 0 Å². The van der Waals surface area contributed by atoms with Crippen LogP contribution in [0.25, 0.3) is 11.0 Å². The molecule has 0 radical (unpaired) electrons. The lowest BCUT2D eigenvalue weighted by Crippen LogP contribution is -2.35. The summed E-state index contributed by atoms with van der Waals surface area (Å²) in [5.74, 6) is 0.986. The van der Waals surface area contributed by atoms with Gasteiger partial charge >= 0.3 is 0 Å². The number of nitrogens with zero attached hydrogens (tertiary/aromatic N) is 2. The molecule has 2 nitrogen and oxygen atoms in total. The van der Waals surface area contributed by atoms with Crippen LogP contribution in [-0.4, -0.2) is 15.3 Å². The molecule has 0 unspecified atom stereocenters. The molecule has 0 aliphatic heterocycles. The van der Waals surface area contributed by atoms with Crippen LogP contribution < -0.4 is 0 Å². The zero-order valence-corrected chi connectivity index (χ0v) is 10.2. The van der Waals surface area contributed by atoms with E-state index in [1.165, 1.54) is 24.8 Å². The molecule has 0 amide bonds. The van der Waals surface area contributed by atoms with Gasteiger partial charge in [0.05, 0.1) is 17.4 Å². The smallest absolute Gasteiger partial charge is 0.0958 e. The largest absolute Gasteiger partial charge is 0.330 e. The Morgan fingerprint density at radius 3 is 2.81 bits per heavy atom. The minimum atomic E-state index is 0.423. The quantitative estimate of drug-likeness (QED) is 0.805. The molecule has 2 aromatic rings. The van der Waals surface area contributed by atoms with Crippen molar-refractivity contribution in [1.29, 1.82) is 0 Å². The van der Waals surface area contributed by atoms with Crippen molar-refractivity contribution >= 4 is 23.7 Å². The van der Waals surface area contributed by atoms with Crippen LogP contribution in [0.15, 0.2) is 30.6 Å². The van der Waals surface area contributed by atoms with Crippen LogP contribution in [0.2, 0.25) is 0 Å². The summed E-state index contributed by atoms with van der Waals surface area (Å²) in [7, 11) is 0. The molecular formula is C13H16N2S. The van der Waals surface area contributed by atoms with Crippen molar-refractivity contribution in [2.45, 2.75) is 25.8 Å². The second-order valence-corrected chi connectivity index (χ2v) is 5.19. The number of para-hydroxylation sites is 2. The van der Waals surface area contributed by atoms with E-state index in [0.29, 0.717) is 5.41 Å². The van der Waals surface area contributed by atoms with Crippen LogP contribution in [0.1, 0.15) is 19.3 Å². The maximum atomic E-state index is 4.50. The van der Waals surface area contributed by atoms with E-state index in [2.05, 4.69) is 40.4 Å². The van der Waals surface area contributed by atoms with E-state index in [9.17, 15) is 0 Å². The summed E-state index contributed by atoms with van der Waals surface area (Å²) in [6.45, 7) is 1.07. The van der Waals surface area contributed by atoms with Crippen molar-refractivity contribution in [3.63, 3.8) is 0 Å². The Balaban J connectivity index is 1.94. The van der Waals surface area contributed by atoms with Crippen LogP contribution in [0, 0.1) is 5.41 Å². The number of hydrogen-bond acceptors (Lipinski definition) is 2. The summed E-state index contributed by atoms with van der Waals surface area (Å²) in [4.78, 5) is 4.43. The molecule has 3 rings (SSSR count). The highest BCUT2D eigenvalue weighted by Gasteiger charge is 2.36. The molecule has 16 heavy (non-hydrogen) atoms. The van der Waals surface area contributed by atoms with E-state index >= 15 is 0 Å². The Morgan fingerprint density at radius 1 is 1.31 bits per heavy atom. The Hall–Kier alpha value is -0.960. The number of benzene rings is 1. The fourth-order valence-electron chi connectivity index (χ4n) is 2.54. The SMILES string of the molecule is SCC1(Cn2cnc3ccccc32)CCC1. The molecule has 3 heteroatoms. The predicted molar refractivity (Wildman–Crippen MR) is 69.9 cm³/mol. The Kier molecular flexibility index (Phi) is 2.43. The van der Waals surface area contributed by atoms with Gasteiger partial charge in [-0.05, 0) is 36.1 Å². The van der Waals surface area contributed by atoms with Crippen molar-refractivity contribution in [3.8, 4) is 0 Å². The fourth-order valence-corrected chi connectivity index (χ4v) is 2.96. The van der Waals surface area contributed by atoms with Crippen LogP contribution in [-0.2, 0) is 6.54 Å². The van der Waals surface area contributed by atoms with E-state index in [1.807, 2.05) is 12.4 Å². The van der Waals surface area contributed by atoms with E-state index < -0.39 is 0 Å². The first-order valence-corrected chi connectivity index (χ1v) is 6.47. The molecule has 1 aromatic heterocycles. The summed E-state index contributed by atoms with van der Waals surface area (Å²) >= 11 is 4.50. The van der Waals surface area contributed by atoms with Gasteiger partial charge in [-0.3, -0.25) is 0 Å². The minimum absolute atomic E-state index is 0.423. The predicted octanol–water partition coefficient (Wildman–Crippen LogP) is 3.14. The van der Waals surface area contributed by atoms with E-state index in [4.69, 9.17) is 0 Å². The van der Waals surface area contributed by atoms with Gasteiger partial charge in [0.1, 0.15) is 0 Å². The summed E-state index contributed by atoms with van der Waals surface area (Å²) in [5, 5.41) is 0. The molecule has 0 N–H and O–H groups in total. The number of fused-ring (bicyclic) bond motifs is 1. The zero-order chi connectivity index (χ0) is 11.0. The van der Waals surface area contributed by atoms with Gasteiger partial charge in [0.25, 0.3) is 0 Å². The lowest BCUT2D eigenvalue weighted by Gasteiger charge is -2.41. The van der Waals surface area contributed by atoms with Crippen LogP contribution >= 0.6 is 12.6 Å². The van der Waals surface area contributed by atoms with Crippen molar-refractivity contribution in [2.75, 3.05) is 5.75 Å². The third-order valence-electron chi connectivity index (χ3n) is 3.78. The van der Waals surface area contributed by atoms with Gasteiger partial charge in [0.2, 0.25) is 0 Å². The number of aromatic nitrogens is 2. The Labute approximate surface area is 101 Å². The lowest BCUT2D eigenvalue weighted by molar-refractivity contribution is 0.141. The molecule has 0 saturated heterocycles. The first-order chi connectivity index (χ1) is 7.83. The monoisotopic (exact) mass is 232 g/mol. The highest BCUT2D eigenvalue weighted by atomic mass is 32.1. The Bertz CT molecular complexity index is 494. The maximum Gasteiger partial charge on any atom is 0.0958 e. The van der Waals surface area contributed by atoms with Gasteiger partial charge in [-0.25, -0.2) is 4.98 Å². The number of thiol groups is 1. The average molecular weight is 232 g/mol. The third kappa shape index (κ3) is 1.54. The molecule has 1 saturated carbocycles. The molecule has 0 atom stereocenters. The minimum Gasteiger partial charge on any atom is -0.330 e. The van der Waals surface area contributed by atoms with Gasteiger partial charge in [0, 0.05) is 6.54 Å². The van der Waals surface area contributed by atoms with E-state index in [1.54, 1.807) is 0 Å². The van der Waals surface area contributed by atoms with Crippen molar-refractivity contribution in [3.05, 3.63) is 30.6 Å². The second-order valence-electron chi connectivity index (χ2n) is 4.87. The fraction of sp³-hybridized carbons (Fsp3) is 0.462. The van der Waals surface area contributed by atoms with Crippen LogP contribution in [0.4, 0.5) is 0 Å². The van der Waals surface area contributed by atoms with Gasteiger partial charge in [-0.1, -0.05) is 18.6 Å². The molecule has 1 aliphatic carbocycles. The molecule has 0 bridgehead atoms. The first kappa shape index (κ1) is 10.2. The highest BCUT2D eigenvalue weighted by molar-refractivity contribution is 7.80. The molecule has 84 valence electrons. The first-order valence-electron chi connectivity index (χ1n) is 5.84. The summed E-state index contributed by atoms with van der Waals surface area (Å²) in [6, 6.07) is 8.33. The molecule has 1 aromatic carbocycles.